The zero-order chi connectivity index (χ0) is 15.5. The number of hydrogen-bond donors (Lipinski definition) is 2. The Kier molecular flexibility index (Phi) is 4.40. The number of nitrogens with one attached hydrogen (secondary N) is 1. The minimum absolute atomic E-state index is 0.111. The highest BCUT2D eigenvalue weighted by atomic mass is 16.5. The third-order valence-electron chi connectivity index (χ3n) is 4.17. The van der Waals surface area contributed by atoms with Crippen molar-refractivity contribution in [3.8, 4) is 0 Å². The van der Waals surface area contributed by atoms with Crippen LogP contribution >= 0.6 is 0 Å². The molecule has 118 valence electrons. The third kappa shape index (κ3) is 3.28. The van der Waals surface area contributed by atoms with E-state index in [0.717, 1.165) is 24.2 Å². The number of carbonyl (C=O) groups excluding carboxylic acids is 1. The molecule has 3 heterocycles. The number of fused-ring (bicyclic) bond motifs is 1. The first-order valence-corrected chi connectivity index (χ1v) is 7.69. The number of nitrogens with two attached hydrogens (primary N) is 1. The molecule has 1 unspecified atom stereocenters. The lowest BCUT2D eigenvalue weighted by Gasteiger charge is -2.26. The summed E-state index contributed by atoms with van der Waals surface area (Å²) in [5, 5.41) is 2.89. The molecule has 6 heteroatoms. The average molecular weight is 302 g/mol. The van der Waals surface area contributed by atoms with Gasteiger partial charge in [-0.25, -0.2) is 4.98 Å². The van der Waals surface area contributed by atoms with Gasteiger partial charge in [-0.2, -0.15) is 0 Å². The number of aromatic nitrogens is 2. The fourth-order valence-electron chi connectivity index (χ4n) is 2.83. The van der Waals surface area contributed by atoms with E-state index in [-0.39, 0.29) is 11.8 Å². The lowest BCUT2D eigenvalue weighted by molar-refractivity contribution is -0.124. The van der Waals surface area contributed by atoms with Crippen molar-refractivity contribution in [3.63, 3.8) is 0 Å². The van der Waals surface area contributed by atoms with E-state index in [2.05, 4.69) is 10.3 Å². The van der Waals surface area contributed by atoms with Gasteiger partial charge in [0, 0.05) is 25.6 Å². The highest BCUT2D eigenvalue weighted by Crippen LogP contribution is 2.17. The topological polar surface area (TPSA) is 81.7 Å². The number of amides is 1. The Labute approximate surface area is 129 Å². The predicted molar refractivity (Wildman–Crippen MR) is 83.3 cm³/mol. The van der Waals surface area contributed by atoms with Crippen molar-refractivity contribution in [1.82, 2.24) is 14.7 Å². The summed E-state index contributed by atoms with van der Waals surface area (Å²) < 4.78 is 7.27. The summed E-state index contributed by atoms with van der Waals surface area (Å²) in [6, 6.07) is 3.52. The lowest BCUT2D eigenvalue weighted by atomic mass is 9.92. The van der Waals surface area contributed by atoms with Gasteiger partial charge in [0.05, 0.1) is 18.3 Å². The van der Waals surface area contributed by atoms with Gasteiger partial charge >= 0.3 is 0 Å². The minimum Gasteiger partial charge on any atom is -0.381 e. The molecule has 1 aliphatic heterocycles. The number of pyridine rings is 1. The Morgan fingerprint density at radius 1 is 1.45 bits per heavy atom. The molecule has 2 aromatic rings. The Morgan fingerprint density at radius 3 is 3.00 bits per heavy atom. The van der Waals surface area contributed by atoms with Crippen molar-refractivity contribution in [2.45, 2.75) is 32.4 Å². The van der Waals surface area contributed by atoms with Crippen LogP contribution < -0.4 is 11.1 Å². The first-order valence-electron chi connectivity index (χ1n) is 7.69. The summed E-state index contributed by atoms with van der Waals surface area (Å²) in [5.74, 6) is 0.0950. The molecule has 22 heavy (non-hydrogen) atoms. The van der Waals surface area contributed by atoms with E-state index in [4.69, 9.17) is 10.5 Å². The van der Waals surface area contributed by atoms with E-state index < -0.39 is 6.04 Å². The van der Waals surface area contributed by atoms with Crippen molar-refractivity contribution < 1.29 is 9.53 Å². The summed E-state index contributed by atoms with van der Waals surface area (Å²) in [6.45, 7) is 3.82. The van der Waals surface area contributed by atoms with Gasteiger partial charge in [-0.05, 0) is 37.3 Å². The first kappa shape index (κ1) is 15.0. The van der Waals surface area contributed by atoms with Gasteiger partial charge in [-0.15, -0.1) is 0 Å². The van der Waals surface area contributed by atoms with E-state index in [1.165, 1.54) is 5.56 Å². The molecule has 2 aromatic heterocycles. The Hall–Kier alpha value is -1.92. The quantitative estimate of drug-likeness (QED) is 0.883. The SMILES string of the molecule is Cc1ccc2nc(CNC(=O)C(N)C3CCOCC3)cn2c1. The number of rotatable bonds is 4. The van der Waals surface area contributed by atoms with Crippen molar-refractivity contribution in [3.05, 3.63) is 35.8 Å². The van der Waals surface area contributed by atoms with E-state index in [9.17, 15) is 4.79 Å². The van der Waals surface area contributed by atoms with Crippen LogP contribution in [0.3, 0.4) is 0 Å². The van der Waals surface area contributed by atoms with Crippen LogP contribution in [0, 0.1) is 12.8 Å². The minimum atomic E-state index is -0.469. The normalized spacial score (nSPS) is 17.5. The van der Waals surface area contributed by atoms with E-state index in [1.807, 2.05) is 35.9 Å². The van der Waals surface area contributed by atoms with Crippen LogP contribution in [0.25, 0.3) is 5.65 Å². The van der Waals surface area contributed by atoms with Gasteiger partial charge in [-0.1, -0.05) is 6.07 Å². The largest absolute Gasteiger partial charge is 0.381 e. The Bertz CT molecular complexity index is 661. The molecule has 1 amide bonds. The molecule has 0 aliphatic carbocycles. The third-order valence-corrected chi connectivity index (χ3v) is 4.17. The van der Waals surface area contributed by atoms with Gasteiger partial charge in [0.15, 0.2) is 0 Å². The zero-order valence-electron chi connectivity index (χ0n) is 12.8. The van der Waals surface area contributed by atoms with Gasteiger partial charge in [0.2, 0.25) is 5.91 Å². The highest BCUT2D eigenvalue weighted by Gasteiger charge is 2.26. The van der Waals surface area contributed by atoms with Crippen LogP contribution in [0.5, 0.6) is 0 Å². The highest BCUT2D eigenvalue weighted by molar-refractivity contribution is 5.81. The van der Waals surface area contributed by atoms with E-state index in [0.29, 0.717) is 19.8 Å². The molecular formula is C16H22N4O2. The van der Waals surface area contributed by atoms with Crippen LogP contribution in [0.1, 0.15) is 24.1 Å². The molecule has 0 radical (unpaired) electrons. The van der Waals surface area contributed by atoms with Gasteiger partial charge in [0.1, 0.15) is 5.65 Å². The molecule has 0 aromatic carbocycles. The van der Waals surface area contributed by atoms with Crippen LogP contribution in [-0.4, -0.2) is 34.5 Å². The average Bonchev–Trinajstić information content (AvgIpc) is 2.94. The summed E-state index contributed by atoms with van der Waals surface area (Å²) >= 11 is 0. The molecule has 6 nitrogen and oxygen atoms in total. The van der Waals surface area contributed by atoms with E-state index in [1.54, 1.807) is 0 Å². The van der Waals surface area contributed by atoms with Crippen molar-refractivity contribution in [2.24, 2.45) is 11.7 Å². The number of imidazole rings is 1. The fourth-order valence-corrected chi connectivity index (χ4v) is 2.83. The number of ether oxygens (including phenoxy) is 1. The van der Waals surface area contributed by atoms with Crippen LogP contribution in [0.15, 0.2) is 24.5 Å². The molecule has 1 saturated heterocycles. The maximum atomic E-state index is 12.2. The first-order chi connectivity index (χ1) is 10.6. The summed E-state index contributed by atoms with van der Waals surface area (Å²) in [7, 11) is 0. The standard InChI is InChI=1S/C16H22N4O2/c1-11-2-3-14-19-13(10-20(14)9-11)8-18-16(21)15(17)12-4-6-22-7-5-12/h2-3,9-10,12,15H,4-8,17H2,1H3,(H,18,21). The summed E-state index contributed by atoms with van der Waals surface area (Å²) in [4.78, 5) is 16.7. The van der Waals surface area contributed by atoms with Crippen molar-refractivity contribution >= 4 is 11.6 Å². The number of hydrogen-bond acceptors (Lipinski definition) is 4. The molecule has 1 aliphatic rings. The number of carbonyl (C=O) groups is 1. The molecule has 1 atom stereocenters. The Morgan fingerprint density at radius 2 is 2.23 bits per heavy atom. The number of nitrogens with zero attached hydrogens (tertiary/aromatic N) is 2. The molecule has 0 spiro atoms. The summed E-state index contributed by atoms with van der Waals surface area (Å²) in [5.41, 5.74) is 8.94. The van der Waals surface area contributed by atoms with Crippen LogP contribution in [0.4, 0.5) is 0 Å². The fraction of sp³-hybridized carbons (Fsp3) is 0.500. The Balaban J connectivity index is 1.59. The monoisotopic (exact) mass is 302 g/mol. The van der Waals surface area contributed by atoms with Gasteiger partial charge in [-0.3, -0.25) is 4.79 Å². The zero-order valence-corrected chi connectivity index (χ0v) is 12.8. The smallest absolute Gasteiger partial charge is 0.237 e. The lowest BCUT2D eigenvalue weighted by Crippen LogP contribution is -2.46. The van der Waals surface area contributed by atoms with Gasteiger partial charge < -0.3 is 20.2 Å². The van der Waals surface area contributed by atoms with Crippen molar-refractivity contribution in [2.75, 3.05) is 13.2 Å². The van der Waals surface area contributed by atoms with E-state index >= 15 is 0 Å². The molecule has 0 bridgehead atoms. The van der Waals surface area contributed by atoms with Gasteiger partial charge in [0.25, 0.3) is 0 Å². The molecule has 3 N–H and O–H groups in total. The molecular weight excluding hydrogens is 280 g/mol. The van der Waals surface area contributed by atoms with Crippen LogP contribution in [0.2, 0.25) is 0 Å². The summed E-state index contributed by atoms with van der Waals surface area (Å²) in [6.07, 6.45) is 5.65. The molecule has 3 rings (SSSR count). The second-order valence-electron chi connectivity index (χ2n) is 5.90. The number of aryl methyl sites for hydroxylation is 1. The molecule has 0 saturated carbocycles. The van der Waals surface area contributed by atoms with Crippen LogP contribution in [-0.2, 0) is 16.1 Å². The molecule has 1 fully saturated rings. The second-order valence-corrected chi connectivity index (χ2v) is 5.90. The van der Waals surface area contributed by atoms with Crippen molar-refractivity contribution in [1.29, 1.82) is 0 Å². The maximum Gasteiger partial charge on any atom is 0.237 e. The predicted octanol–water partition coefficient (Wildman–Crippen LogP) is 1.01. The second kappa shape index (κ2) is 6.46. The maximum absolute atomic E-state index is 12.2.